The molecule has 1 aromatic rings. The van der Waals surface area contributed by atoms with Crippen LogP contribution < -0.4 is 10.5 Å². The van der Waals surface area contributed by atoms with Crippen molar-refractivity contribution in [3.05, 3.63) is 29.3 Å². The third-order valence-electron chi connectivity index (χ3n) is 1.75. The van der Waals surface area contributed by atoms with Crippen LogP contribution in [0, 0.1) is 0 Å². The van der Waals surface area contributed by atoms with Gasteiger partial charge in [-0.15, -0.1) is 0 Å². The Morgan fingerprint density at radius 2 is 2.07 bits per heavy atom. The number of nitrogens with two attached hydrogens (primary N) is 1. The second-order valence-corrected chi connectivity index (χ2v) is 3.33. The minimum absolute atomic E-state index is 0.0777. The van der Waals surface area contributed by atoms with Gasteiger partial charge in [-0.1, -0.05) is 11.6 Å². The highest BCUT2D eigenvalue weighted by Crippen LogP contribution is 2.15. The fourth-order valence-electron chi connectivity index (χ4n) is 0.936. The minimum atomic E-state index is -0.773. The van der Waals surface area contributed by atoms with E-state index in [-0.39, 0.29) is 6.61 Å². The first-order chi connectivity index (χ1) is 7.13. The van der Waals surface area contributed by atoms with E-state index in [0.717, 1.165) is 0 Å². The van der Waals surface area contributed by atoms with Crippen molar-refractivity contribution in [3.8, 4) is 5.75 Å². The molecule has 0 aromatic heterocycles. The van der Waals surface area contributed by atoms with Crippen LogP contribution in [-0.4, -0.2) is 25.7 Å². The normalized spacial score (nSPS) is 11.9. The second kappa shape index (κ2) is 5.58. The van der Waals surface area contributed by atoms with Crippen molar-refractivity contribution < 1.29 is 14.3 Å². The van der Waals surface area contributed by atoms with Crippen molar-refractivity contribution in [2.45, 2.75) is 6.04 Å². The molecule has 0 fully saturated rings. The molecule has 0 saturated carbocycles. The number of rotatable bonds is 4. The molecule has 0 spiro atoms. The molecule has 0 radical (unpaired) electrons. The molecule has 2 N–H and O–H groups in total. The van der Waals surface area contributed by atoms with Gasteiger partial charge >= 0.3 is 5.97 Å². The summed E-state index contributed by atoms with van der Waals surface area (Å²) >= 11 is 5.69. The molecule has 0 bridgehead atoms. The van der Waals surface area contributed by atoms with E-state index in [4.69, 9.17) is 22.1 Å². The van der Waals surface area contributed by atoms with Crippen molar-refractivity contribution in [3.63, 3.8) is 0 Å². The molecule has 0 saturated heterocycles. The third-order valence-corrected chi connectivity index (χ3v) is 2.00. The Bertz CT molecular complexity index is 326. The fraction of sp³-hybridized carbons (Fsp3) is 0.300. The molecule has 0 aliphatic rings. The van der Waals surface area contributed by atoms with Crippen LogP contribution >= 0.6 is 11.6 Å². The molecular weight excluding hydrogens is 218 g/mol. The Morgan fingerprint density at radius 1 is 1.47 bits per heavy atom. The van der Waals surface area contributed by atoms with Gasteiger partial charge in [0.2, 0.25) is 0 Å². The molecular formula is C10H12ClNO3. The van der Waals surface area contributed by atoms with Crippen LogP contribution in [0.1, 0.15) is 0 Å². The lowest BCUT2D eigenvalue weighted by Gasteiger charge is -2.10. The largest absolute Gasteiger partial charge is 0.491 e. The van der Waals surface area contributed by atoms with Gasteiger partial charge in [0.1, 0.15) is 18.4 Å². The van der Waals surface area contributed by atoms with Gasteiger partial charge in [0, 0.05) is 5.02 Å². The molecule has 0 heterocycles. The van der Waals surface area contributed by atoms with Gasteiger partial charge in [-0.3, -0.25) is 4.79 Å². The second-order valence-electron chi connectivity index (χ2n) is 2.89. The first-order valence-electron chi connectivity index (χ1n) is 4.35. The molecule has 0 amide bonds. The van der Waals surface area contributed by atoms with E-state index in [1.54, 1.807) is 24.3 Å². The summed E-state index contributed by atoms with van der Waals surface area (Å²) in [4.78, 5) is 10.9. The van der Waals surface area contributed by atoms with E-state index < -0.39 is 12.0 Å². The van der Waals surface area contributed by atoms with Crippen molar-refractivity contribution in [2.24, 2.45) is 5.73 Å². The maximum absolute atomic E-state index is 10.9. The number of benzene rings is 1. The van der Waals surface area contributed by atoms with E-state index in [9.17, 15) is 4.79 Å². The van der Waals surface area contributed by atoms with Gasteiger partial charge in [0.05, 0.1) is 7.11 Å². The van der Waals surface area contributed by atoms with E-state index in [0.29, 0.717) is 10.8 Å². The number of ether oxygens (including phenoxy) is 2. The summed E-state index contributed by atoms with van der Waals surface area (Å²) in [5, 5.41) is 0.625. The SMILES string of the molecule is COC(=O)C(N)COc1ccc(Cl)cc1. The summed E-state index contributed by atoms with van der Waals surface area (Å²) < 4.78 is 9.72. The van der Waals surface area contributed by atoms with Crippen molar-refractivity contribution in [2.75, 3.05) is 13.7 Å². The number of esters is 1. The number of hydrogen-bond donors (Lipinski definition) is 1. The van der Waals surface area contributed by atoms with E-state index >= 15 is 0 Å². The van der Waals surface area contributed by atoms with Crippen LogP contribution in [0.15, 0.2) is 24.3 Å². The number of methoxy groups -OCH3 is 1. The monoisotopic (exact) mass is 229 g/mol. The smallest absolute Gasteiger partial charge is 0.326 e. The minimum Gasteiger partial charge on any atom is -0.491 e. The molecule has 0 aliphatic heterocycles. The summed E-state index contributed by atoms with van der Waals surface area (Å²) in [5.74, 6) is 0.114. The maximum atomic E-state index is 10.9. The first-order valence-corrected chi connectivity index (χ1v) is 4.73. The molecule has 1 atom stereocenters. The molecule has 1 rings (SSSR count). The summed E-state index contributed by atoms with van der Waals surface area (Å²) in [6, 6.07) is 6.02. The molecule has 1 unspecified atom stereocenters. The van der Waals surface area contributed by atoms with Gasteiger partial charge in [-0.05, 0) is 24.3 Å². The summed E-state index contributed by atoms with van der Waals surface area (Å²) in [6.45, 7) is 0.0777. The lowest BCUT2D eigenvalue weighted by Crippen LogP contribution is -2.37. The highest BCUT2D eigenvalue weighted by Gasteiger charge is 2.13. The maximum Gasteiger partial charge on any atom is 0.326 e. The summed E-state index contributed by atoms with van der Waals surface area (Å²) in [5.41, 5.74) is 5.48. The summed E-state index contributed by atoms with van der Waals surface area (Å²) in [6.07, 6.45) is 0. The molecule has 82 valence electrons. The zero-order valence-corrected chi connectivity index (χ0v) is 9.03. The fourth-order valence-corrected chi connectivity index (χ4v) is 1.06. The Hall–Kier alpha value is -1.26. The number of carbonyl (C=O) groups excluding carboxylic acids is 1. The topological polar surface area (TPSA) is 61.5 Å². The van der Waals surface area contributed by atoms with Crippen LogP contribution in [0.5, 0.6) is 5.75 Å². The van der Waals surface area contributed by atoms with Crippen LogP contribution in [-0.2, 0) is 9.53 Å². The number of carbonyl (C=O) groups is 1. The lowest BCUT2D eigenvalue weighted by molar-refractivity contribution is -0.142. The zero-order chi connectivity index (χ0) is 11.3. The van der Waals surface area contributed by atoms with Crippen LogP contribution in [0.25, 0.3) is 0 Å². The molecule has 4 nitrogen and oxygen atoms in total. The lowest BCUT2D eigenvalue weighted by atomic mass is 10.3. The van der Waals surface area contributed by atoms with Crippen molar-refractivity contribution in [1.29, 1.82) is 0 Å². The van der Waals surface area contributed by atoms with Gasteiger partial charge < -0.3 is 15.2 Å². The Morgan fingerprint density at radius 3 is 2.60 bits per heavy atom. The Labute approximate surface area is 92.9 Å². The predicted octanol–water partition coefficient (Wildman–Crippen LogP) is 1.22. The van der Waals surface area contributed by atoms with Crippen LogP contribution in [0.4, 0.5) is 0 Å². The average Bonchev–Trinajstić information content (AvgIpc) is 2.26. The number of hydrogen-bond acceptors (Lipinski definition) is 4. The van der Waals surface area contributed by atoms with Gasteiger partial charge in [-0.25, -0.2) is 0 Å². The molecule has 15 heavy (non-hydrogen) atoms. The quantitative estimate of drug-likeness (QED) is 0.789. The highest BCUT2D eigenvalue weighted by atomic mass is 35.5. The third kappa shape index (κ3) is 3.77. The van der Waals surface area contributed by atoms with Crippen molar-refractivity contribution >= 4 is 17.6 Å². The molecule has 5 heteroatoms. The van der Waals surface area contributed by atoms with Gasteiger partial charge in [0.25, 0.3) is 0 Å². The van der Waals surface area contributed by atoms with Crippen LogP contribution in [0.2, 0.25) is 5.02 Å². The van der Waals surface area contributed by atoms with Crippen LogP contribution in [0.3, 0.4) is 0 Å². The van der Waals surface area contributed by atoms with E-state index in [2.05, 4.69) is 4.74 Å². The summed E-state index contributed by atoms with van der Waals surface area (Å²) in [7, 11) is 1.28. The van der Waals surface area contributed by atoms with E-state index in [1.807, 2.05) is 0 Å². The van der Waals surface area contributed by atoms with Gasteiger partial charge in [-0.2, -0.15) is 0 Å². The number of halogens is 1. The average molecular weight is 230 g/mol. The van der Waals surface area contributed by atoms with Gasteiger partial charge in [0.15, 0.2) is 0 Å². The molecule has 1 aromatic carbocycles. The Balaban J connectivity index is 2.43. The first kappa shape index (κ1) is 11.8. The molecule has 0 aliphatic carbocycles. The highest BCUT2D eigenvalue weighted by molar-refractivity contribution is 6.30. The standard InChI is InChI=1S/C10H12ClNO3/c1-14-10(13)9(12)6-15-8-4-2-7(11)3-5-8/h2-5,9H,6,12H2,1H3. The Kier molecular flexibility index (Phi) is 4.39. The zero-order valence-electron chi connectivity index (χ0n) is 8.27. The predicted molar refractivity (Wildman–Crippen MR) is 56.9 cm³/mol. The van der Waals surface area contributed by atoms with E-state index in [1.165, 1.54) is 7.11 Å². The van der Waals surface area contributed by atoms with Crippen molar-refractivity contribution in [1.82, 2.24) is 0 Å².